The van der Waals surface area contributed by atoms with Gasteiger partial charge < -0.3 is 9.11 Å². The van der Waals surface area contributed by atoms with E-state index in [9.17, 15) is 9.11 Å². The van der Waals surface area contributed by atoms with Crippen molar-refractivity contribution in [2.24, 2.45) is 0 Å². The highest BCUT2D eigenvalue weighted by Crippen LogP contribution is 1.97. The summed E-state index contributed by atoms with van der Waals surface area (Å²) in [6, 6.07) is 0. The van der Waals surface area contributed by atoms with E-state index in [0.29, 0.717) is 16.6 Å². The highest BCUT2D eigenvalue weighted by molar-refractivity contribution is 8.07. The van der Waals surface area contributed by atoms with Crippen LogP contribution in [0.4, 0.5) is 0 Å². The van der Waals surface area contributed by atoms with E-state index < -0.39 is 22.4 Å². The Kier molecular flexibility index (Phi) is 5.78. The van der Waals surface area contributed by atoms with Crippen LogP contribution >= 0.6 is 0 Å². The summed E-state index contributed by atoms with van der Waals surface area (Å²) in [5.74, 6) is 1.23. The maximum Gasteiger partial charge on any atom is 0.253 e. The van der Waals surface area contributed by atoms with Crippen LogP contribution in [-0.4, -0.2) is 25.7 Å². The molecule has 56 valence electrons. The molecule has 0 bridgehead atoms. The fourth-order valence-corrected chi connectivity index (χ4v) is 2.82. The van der Waals surface area contributed by atoms with Gasteiger partial charge in [0.15, 0.2) is 0 Å². The van der Waals surface area contributed by atoms with Crippen LogP contribution in [0.5, 0.6) is 0 Å². The number of hydrogen-bond donors (Lipinski definition) is 0. The van der Waals surface area contributed by atoms with E-state index in [4.69, 9.17) is 0 Å². The molecule has 0 heterocycles. The van der Waals surface area contributed by atoms with Crippen LogP contribution in [0, 0.1) is 0 Å². The first-order valence-electron chi connectivity index (χ1n) is 2.90. The fraction of sp³-hybridized carbons (Fsp3) is 1.00. The van der Waals surface area contributed by atoms with Crippen molar-refractivity contribution in [2.45, 2.75) is 13.8 Å². The average molecular weight is 168 g/mol. The molecule has 2 nitrogen and oxygen atoms in total. The molecule has 4 heteroatoms. The maximum atomic E-state index is 10.7. The molecule has 0 N–H and O–H groups in total. The van der Waals surface area contributed by atoms with E-state index in [2.05, 4.69) is 0 Å². The van der Waals surface area contributed by atoms with Crippen molar-refractivity contribution in [3.63, 3.8) is 0 Å². The minimum absolute atomic E-state index is 0.354. The normalized spacial score (nSPS) is 17.3. The Hall–Kier alpha value is 0.620. The van der Waals surface area contributed by atoms with Crippen LogP contribution in [-0.2, 0) is 22.4 Å². The summed E-state index contributed by atoms with van der Waals surface area (Å²) in [6.07, 6.45) is 0. The predicted molar refractivity (Wildman–Crippen MR) is 42.2 cm³/mol. The molecule has 0 aromatic heterocycles. The highest BCUT2D eigenvalue weighted by atomic mass is 32.3. The van der Waals surface area contributed by atoms with E-state index in [1.807, 2.05) is 13.8 Å². The first-order valence-corrected chi connectivity index (χ1v) is 5.88. The SMILES string of the molecule is CC[S+]([O-])C[S+]([O-])CC. The van der Waals surface area contributed by atoms with Gasteiger partial charge in [-0.05, 0) is 36.2 Å². The number of hydrogen-bond acceptors (Lipinski definition) is 2. The lowest BCUT2D eigenvalue weighted by Gasteiger charge is -2.10. The molecule has 0 aliphatic heterocycles. The molecular weight excluding hydrogens is 156 g/mol. The summed E-state index contributed by atoms with van der Waals surface area (Å²) in [4.78, 5) is 0. The molecule has 0 spiro atoms. The summed E-state index contributed by atoms with van der Waals surface area (Å²) in [7, 11) is 0. The lowest BCUT2D eigenvalue weighted by Crippen LogP contribution is -2.19. The predicted octanol–water partition coefficient (Wildman–Crippen LogP) is 0.481. The third-order valence-electron chi connectivity index (χ3n) is 0.907. The van der Waals surface area contributed by atoms with E-state index >= 15 is 0 Å². The van der Waals surface area contributed by atoms with Crippen LogP contribution in [0.25, 0.3) is 0 Å². The minimum atomic E-state index is -0.857. The van der Waals surface area contributed by atoms with Crippen molar-refractivity contribution in [3.8, 4) is 0 Å². The smallest absolute Gasteiger partial charge is 0.253 e. The molecule has 9 heavy (non-hydrogen) atoms. The topological polar surface area (TPSA) is 46.1 Å². The Morgan fingerprint density at radius 3 is 1.56 bits per heavy atom. The zero-order valence-corrected chi connectivity index (χ0v) is 7.39. The molecule has 0 aliphatic rings. The Bertz CT molecular complexity index is 62.0. The second kappa shape index (κ2) is 5.41. The largest absolute Gasteiger partial charge is 0.613 e. The van der Waals surface area contributed by atoms with Crippen molar-refractivity contribution in [1.29, 1.82) is 0 Å². The summed E-state index contributed by atoms with van der Waals surface area (Å²) in [5.41, 5.74) is 0. The van der Waals surface area contributed by atoms with Gasteiger partial charge in [-0.2, -0.15) is 0 Å². The molecule has 0 aliphatic carbocycles. The van der Waals surface area contributed by atoms with E-state index in [-0.39, 0.29) is 0 Å². The fourth-order valence-electron chi connectivity index (χ4n) is 0.313. The zero-order valence-electron chi connectivity index (χ0n) is 5.75. The van der Waals surface area contributed by atoms with Gasteiger partial charge in [0.25, 0.3) is 5.08 Å². The van der Waals surface area contributed by atoms with Gasteiger partial charge in [-0.25, -0.2) is 0 Å². The highest BCUT2D eigenvalue weighted by Gasteiger charge is 2.11. The molecule has 0 aromatic rings. The van der Waals surface area contributed by atoms with Crippen LogP contribution in [0.2, 0.25) is 0 Å². The van der Waals surface area contributed by atoms with Gasteiger partial charge in [0, 0.05) is 0 Å². The van der Waals surface area contributed by atoms with E-state index in [0.717, 1.165) is 0 Å². The molecule has 0 aromatic carbocycles. The Labute approximate surface area is 62.4 Å². The van der Waals surface area contributed by atoms with Crippen LogP contribution in [0.3, 0.4) is 0 Å². The van der Waals surface area contributed by atoms with Crippen molar-refractivity contribution in [1.82, 2.24) is 0 Å². The molecular formula is C5H12O2S2. The Balaban J connectivity index is 3.22. The molecule has 0 amide bonds. The van der Waals surface area contributed by atoms with Crippen LogP contribution in [0.1, 0.15) is 13.8 Å². The lowest BCUT2D eigenvalue weighted by molar-refractivity contribution is 0.588. The molecule has 0 rings (SSSR count). The summed E-state index contributed by atoms with van der Waals surface area (Å²) >= 11 is -1.71. The molecule has 0 saturated carbocycles. The average Bonchev–Trinajstić information content (AvgIpc) is 1.87. The number of rotatable bonds is 4. The summed E-state index contributed by atoms with van der Waals surface area (Å²) < 4.78 is 21.4. The first kappa shape index (κ1) is 9.62. The van der Waals surface area contributed by atoms with Crippen molar-refractivity contribution < 1.29 is 9.11 Å². The van der Waals surface area contributed by atoms with Gasteiger partial charge in [-0.15, -0.1) is 0 Å². The van der Waals surface area contributed by atoms with Gasteiger partial charge in [0.1, 0.15) is 11.5 Å². The summed E-state index contributed by atoms with van der Waals surface area (Å²) in [6.45, 7) is 3.67. The molecule has 0 radical (unpaired) electrons. The maximum absolute atomic E-state index is 10.7. The van der Waals surface area contributed by atoms with Crippen molar-refractivity contribution in [3.05, 3.63) is 0 Å². The van der Waals surface area contributed by atoms with Crippen LogP contribution in [0.15, 0.2) is 0 Å². The van der Waals surface area contributed by atoms with Crippen molar-refractivity contribution in [2.75, 3.05) is 16.6 Å². The molecule has 0 saturated heterocycles. The minimum Gasteiger partial charge on any atom is -0.613 e. The zero-order chi connectivity index (χ0) is 7.28. The third-order valence-corrected chi connectivity index (χ3v) is 4.30. The van der Waals surface area contributed by atoms with E-state index in [1.165, 1.54) is 0 Å². The van der Waals surface area contributed by atoms with Gasteiger partial charge in [-0.1, -0.05) is 0 Å². The lowest BCUT2D eigenvalue weighted by atomic mass is 11.0. The summed E-state index contributed by atoms with van der Waals surface area (Å²) in [5, 5.41) is 0.354. The van der Waals surface area contributed by atoms with Gasteiger partial charge >= 0.3 is 0 Å². The van der Waals surface area contributed by atoms with Gasteiger partial charge in [0.05, 0.1) is 0 Å². The molecule has 2 unspecified atom stereocenters. The standard InChI is InChI=1S/C5H12O2S2/c1-3-8(6)5-9(7)4-2/h3-5H2,1-2H3. The first-order chi connectivity index (χ1) is 4.20. The Morgan fingerprint density at radius 2 is 1.33 bits per heavy atom. The second-order valence-electron chi connectivity index (χ2n) is 1.57. The van der Waals surface area contributed by atoms with Gasteiger partial charge in [-0.3, -0.25) is 0 Å². The van der Waals surface area contributed by atoms with Crippen molar-refractivity contribution >= 4 is 22.4 Å². The molecule has 2 atom stereocenters. The molecule has 0 fully saturated rings. The monoisotopic (exact) mass is 168 g/mol. The van der Waals surface area contributed by atoms with Gasteiger partial charge in [0.2, 0.25) is 0 Å². The quantitative estimate of drug-likeness (QED) is 0.573. The van der Waals surface area contributed by atoms with Crippen LogP contribution < -0.4 is 0 Å². The second-order valence-corrected chi connectivity index (χ2v) is 5.43. The third kappa shape index (κ3) is 5.08. The van der Waals surface area contributed by atoms with E-state index in [1.54, 1.807) is 0 Å². The Morgan fingerprint density at radius 1 is 1.00 bits per heavy atom.